The number of pyridine rings is 1. The third kappa shape index (κ3) is 3.05. The number of nitrogens with one attached hydrogen (secondary N) is 1. The molecule has 18 heavy (non-hydrogen) atoms. The Hall–Kier alpha value is -1.46. The van der Waals surface area contributed by atoms with E-state index >= 15 is 0 Å². The van der Waals surface area contributed by atoms with Crippen molar-refractivity contribution < 1.29 is 4.79 Å². The summed E-state index contributed by atoms with van der Waals surface area (Å²) in [5.74, 6) is -0.0269. The van der Waals surface area contributed by atoms with E-state index in [1.165, 1.54) is 0 Å². The number of carbonyl (C=O) groups excluding carboxylic acids is 1. The Kier molecular flexibility index (Phi) is 4.28. The number of hydrogen-bond donors (Lipinski definition) is 1. The Morgan fingerprint density at radius 3 is 3.00 bits per heavy atom. The van der Waals surface area contributed by atoms with Gasteiger partial charge in [0.15, 0.2) is 0 Å². The van der Waals surface area contributed by atoms with Gasteiger partial charge in [0.05, 0.1) is 10.6 Å². The summed E-state index contributed by atoms with van der Waals surface area (Å²) in [6, 6.07) is 3.34. The van der Waals surface area contributed by atoms with Crippen LogP contribution in [0, 0.1) is 0 Å². The minimum Gasteiger partial charge on any atom is -0.351 e. The smallest absolute Gasteiger partial charge is 0.254 e. The van der Waals surface area contributed by atoms with Gasteiger partial charge in [0.2, 0.25) is 0 Å². The van der Waals surface area contributed by atoms with Crippen LogP contribution in [0.3, 0.4) is 0 Å². The monoisotopic (exact) mass is 281 g/mol. The minimum atomic E-state index is -0.212. The highest BCUT2D eigenvalue weighted by Crippen LogP contribution is 2.17. The van der Waals surface area contributed by atoms with Gasteiger partial charge in [-0.25, -0.2) is 9.97 Å². The van der Waals surface area contributed by atoms with E-state index in [0.717, 1.165) is 5.01 Å². The molecule has 1 amide bonds. The molecule has 2 heterocycles. The van der Waals surface area contributed by atoms with E-state index in [0.29, 0.717) is 12.1 Å². The fourth-order valence-corrected chi connectivity index (χ4v) is 2.37. The molecular weight excluding hydrogens is 270 g/mol. The molecule has 94 valence electrons. The average molecular weight is 282 g/mol. The number of nitrogens with zero attached hydrogens (tertiary/aromatic N) is 2. The Labute approximate surface area is 114 Å². The van der Waals surface area contributed by atoms with Crippen LogP contribution >= 0.6 is 22.9 Å². The highest BCUT2D eigenvalue weighted by Gasteiger charge is 2.13. The second-order valence-corrected chi connectivity index (χ2v) is 5.11. The molecule has 6 heteroatoms. The summed E-state index contributed by atoms with van der Waals surface area (Å²) in [4.78, 5) is 20.0. The molecule has 0 saturated heterocycles. The highest BCUT2D eigenvalue weighted by molar-refractivity contribution is 7.09. The van der Waals surface area contributed by atoms with Crippen LogP contribution in [0.5, 0.6) is 0 Å². The zero-order valence-electron chi connectivity index (χ0n) is 9.76. The third-order valence-corrected chi connectivity index (χ3v) is 3.75. The van der Waals surface area contributed by atoms with E-state index in [2.05, 4.69) is 15.3 Å². The number of thiazole rings is 1. The molecule has 1 unspecified atom stereocenters. The number of halogens is 1. The summed E-state index contributed by atoms with van der Waals surface area (Å²) in [6.07, 6.45) is 3.31. The summed E-state index contributed by atoms with van der Waals surface area (Å²) in [5.41, 5.74) is 0.394. The van der Waals surface area contributed by atoms with E-state index in [1.807, 2.05) is 12.3 Å². The Bertz CT molecular complexity index is 530. The van der Waals surface area contributed by atoms with Crippen LogP contribution in [0.1, 0.15) is 28.2 Å². The molecule has 2 aromatic heterocycles. The Morgan fingerprint density at radius 2 is 2.33 bits per heavy atom. The molecule has 0 saturated carbocycles. The molecule has 0 aliphatic carbocycles. The first-order valence-corrected chi connectivity index (χ1v) is 6.72. The van der Waals surface area contributed by atoms with Crippen molar-refractivity contribution in [3.05, 3.63) is 45.6 Å². The zero-order valence-corrected chi connectivity index (χ0v) is 11.3. The highest BCUT2D eigenvalue weighted by atomic mass is 35.5. The minimum absolute atomic E-state index is 0.185. The molecule has 0 spiro atoms. The van der Waals surface area contributed by atoms with Crippen molar-refractivity contribution in [3.63, 3.8) is 0 Å². The SMILES string of the molecule is CC(CNC(=O)c1cccnc1Cl)c1nccs1. The van der Waals surface area contributed by atoms with Crippen molar-refractivity contribution in [3.8, 4) is 0 Å². The van der Waals surface area contributed by atoms with Gasteiger partial charge >= 0.3 is 0 Å². The second kappa shape index (κ2) is 5.93. The van der Waals surface area contributed by atoms with Crippen molar-refractivity contribution in [2.24, 2.45) is 0 Å². The fraction of sp³-hybridized carbons (Fsp3) is 0.250. The molecule has 0 aliphatic heterocycles. The maximum atomic E-state index is 11.9. The zero-order chi connectivity index (χ0) is 13.0. The molecule has 2 aromatic rings. The van der Waals surface area contributed by atoms with Crippen LogP contribution in [-0.2, 0) is 0 Å². The lowest BCUT2D eigenvalue weighted by Gasteiger charge is -2.10. The number of aromatic nitrogens is 2. The van der Waals surface area contributed by atoms with Gasteiger partial charge in [-0.15, -0.1) is 11.3 Å². The van der Waals surface area contributed by atoms with Gasteiger partial charge in [-0.2, -0.15) is 0 Å². The van der Waals surface area contributed by atoms with Crippen molar-refractivity contribution >= 4 is 28.8 Å². The van der Waals surface area contributed by atoms with Gasteiger partial charge in [-0.05, 0) is 12.1 Å². The summed E-state index contributed by atoms with van der Waals surface area (Å²) in [6.45, 7) is 2.54. The lowest BCUT2D eigenvalue weighted by Crippen LogP contribution is -2.27. The van der Waals surface area contributed by atoms with E-state index in [4.69, 9.17) is 11.6 Å². The van der Waals surface area contributed by atoms with Gasteiger partial charge in [0.1, 0.15) is 5.15 Å². The van der Waals surface area contributed by atoms with Crippen LogP contribution < -0.4 is 5.32 Å². The lowest BCUT2D eigenvalue weighted by atomic mass is 10.2. The molecule has 1 atom stereocenters. The van der Waals surface area contributed by atoms with Crippen LogP contribution in [0.2, 0.25) is 5.15 Å². The van der Waals surface area contributed by atoms with Crippen LogP contribution in [-0.4, -0.2) is 22.4 Å². The number of carbonyl (C=O) groups is 1. The first-order chi connectivity index (χ1) is 8.68. The van der Waals surface area contributed by atoms with Crippen LogP contribution in [0.4, 0.5) is 0 Å². The predicted molar refractivity (Wildman–Crippen MR) is 72.1 cm³/mol. The van der Waals surface area contributed by atoms with E-state index in [-0.39, 0.29) is 17.0 Å². The van der Waals surface area contributed by atoms with Crippen molar-refractivity contribution in [1.29, 1.82) is 0 Å². The predicted octanol–water partition coefficient (Wildman–Crippen LogP) is 2.73. The normalized spacial score (nSPS) is 12.1. The molecule has 0 aliphatic rings. The van der Waals surface area contributed by atoms with E-state index < -0.39 is 0 Å². The first kappa shape index (κ1) is 13.0. The maximum absolute atomic E-state index is 11.9. The van der Waals surface area contributed by atoms with Crippen LogP contribution in [0.25, 0.3) is 0 Å². The van der Waals surface area contributed by atoms with Crippen molar-refractivity contribution in [2.45, 2.75) is 12.8 Å². The molecular formula is C12H12ClN3OS. The molecule has 4 nitrogen and oxygen atoms in total. The van der Waals surface area contributed by atoms with Gasteiger partial charge in [0, 0.05) is 30.2 Å². The van der Waals surface area contributed by atoms with Gasteiger partial charge in [-0.3, -0.25) is 4.79 Å². The Morgan fingerprint density at radius 1 is 1.50 bits per heavy atom. The molecule has 1 N–H and O–H groups in total. The molecule has 0 aromatic carbocycles. The molecule has 0 bridgehead atoms. The largest absolute Gasteiger partial charge is 0.351 e. The number of hydrogen-bond acceptors (Lipinski definition) is 4. The van der Waals surface area contributed by atoms with Crippen molar-refractivity contribution in [1.82, 2.24) is 15.3 Å². The van der Waals surface area contributed by atoms with E-state index in [1.54, 1.807) is 35.9 Å². The topological polar surface area (TPSA) is 54.9 Å². The average Bonchev–Trinajstić information content (AvgIpc) is 2.90. The van der Waals surface area contributed by atoms with Gasteiger partial charge in [-0.1, -0.05) is 18.5 Å². The maximum Gasteiger partial charge on any atom is 0.254 e. The quantitative estimate of drug-likeness (QED) is 0.877. The van der Waals surface area contributed by atoms with Crippen molar-refractivity contribution in [2.75, 3.05) is 6.54 Å². The summed E-state index contributed by atoms with van der Waals surface area (Å²) >= 11 is 7.43. The summed E-state index contributed by atoms with van der Waals surface area (Å²) in [7, 11) is 0. The first-order valence-electron chi connectivity index (χ1n) is 5.46. The van der Waals surface area contributed by atoms with E-state index in [9.17, 15) is 4.79 Å². The molecule has 0 radical (unpaired) electrons. The fourth-order valence-electron chi connectivity index (χ4n) is 1.46. The summed E-state index contributed by atoms with van der Waals surface area (Å²) in [5, 5.41) is 5.98. The number of amides is 1. The van der Waals surface area contributed by atoms with Crippen LogP contribution in [0.15, 0.2) is 29.9 Å². The third-order valence-electron chi connectivity index (χ3n) is 2.45. The Balaban J connectivity index is 1.95. The summed E-state index contributed by atoms with van der Waals surface area (Å²) < 4.78 is 0. The lowest BCUT2D eigenvalue weighted by molar-refractivity contribution is 0.0951. The second-order valence-electron chi connectivity index (χ2n) is 3.82. The standard InChI is InChI=1S/C12H12ClN3OS/c1-8(12-15-5-6-18-12)7-16-11(17)9-3-2-4-14-10(9)13/h2-6,8H,7H2,1H3,(H,16,17). The molecule has 2 rings (SSSR count). The van der Waals surface area contributed by atoms with Gasteiger partial charge in [0.25, 0.3) is 5.91 Å². The molecule has 0 fully saturated rings. The van der Waals surface area contributed by atoms with Gasteiger partial charge < -0.3 is 5.32 Å². The number of rotatable bonds is 4.